The number of nitrogens with one attached hydrogen (secondary N) is 2. The number of pyridine rings is 2. The van der Waals surface area contributed by atoms with Crippen LogP contribution in [0.5, 0.6) is 0 Å². The number of nitrogens with zero attached hydrogens (tertiary/aromatic N) is 2. The van der Waals surface area contributed by atoms with E-state index < -0.39 is 25.4 Å². The third kappa shape index (κ3) is 5.03. The molecule has 0 fully saturated rings. The number of benzene rings is 1. The molecule has 1 aromatic carbocycles. The predicted octanol–water partition coefficient (Wildman–Crippen LogP) is 4.35. The molecular formula is C24H29FN4O3Si. The van der Waals surface area contributed by atoms with Crippen molar-refractivity contribution >= 4 is 41.8 Å². The molecule has 3 aromatic rings. The van der Waals surface area contributed by atoms with Gasteiger partial charge in [0.15, 0.2) is 0 Å². The second kappa shape index (κ2) is 8.90. The van der Waals surface area contributed by atoms with E-state index >= 15 is 0 Å². The summed E-state index contributed by atoms with van der Waals surface area (Å²) in [4.78, 5) is 42.1. The Labute approximate surface area is 193 Å². The van der Waals surface area contributed by atoms with Crippen molar-refractivity contribution in [2.24, 2.45) is 7.05 Å². The van der Waals surface area contributed by atoms with Crippen molar-refractivity contribution in [2.75, 3.05) is 17.2 Å². The van der Waals surface area contributed by atoms with Gasteiger partial charge in [0, 0.05) is 18.1 Å². The number of anilines is 2. The summed E-state index contributed by atoms with van der Waals surface area (Å²) >= 11 is 0. The van der Waals surface area contributed by atoms with Crippen LogP contribution in [0.25, 0.3) is 10.9 Å². The first-order chi connectivity index (χ1) is 15.3. The first kappa shape index (κ1) is 24.3. The molecule has 2 N–H and O–H groups in total. The minimum Gasteiger partial charge on any atom is -0.378 e. The highest BCUT2D eigenvalue weighted by Crippen LogP contribution is 2.36. The fourth-order valence-electron chi connectivity index (χ4n) is 3.21. The molecule has 33 heavy (non-hydrogen) atoms. The smallest absolute Gasteiger partial charge is 0.263 e. The minimum absolute atomic E-state index is 0.0466. The Morgan fingerprint density at radius 1 is 1.12 bits per heavy atom. The standard InChI is InChI=1S/C24H29FN4O3Si/c1-24(2,3)33(5,6)21(30)14-26-17-8-9-19-15(11-17)12-18(23(32)29(19)4)22(31)28-20-10-7-16(25)13-27-20/h7-13,26H,14H2,1-6H3,(H,27,28,31). The monoisotopic (exact) mass is 468 g/mol. The van der Waals surface area contributed by atoms with Crippen LogP contribution in [0, 0.1) is 5.82 Å². The highest BCUT2D eigenvalue weighted by Gasteiger charge is 2.41. The Bertz CT molecular complexity index is 1280. The van der Waals surface area contributed by atoms with Crippen LogP contribution in [0.2, 0.25) is 18.1 Å². The number of hydrogen-bond acceptors (Lipinski definition) is 5. The van der Waals surface area contributed by atoms with Crippen LogP contribution in [0.3, 0.4) is 0 Å². The van der Waals surface area contributed by atoms with Crippen LogP contribution in [0.15, 0.2) is 47.4 Å². The average molecular weight is 469 g/mol. The maximum absolute atomic E-state index is 13.1. The molecule has 0 spiro atoms. The highest BCUT2D eigenvalue weighted by molar-refractivity contribution is 7.06. The van der Waals surface area contributed by atoms with E-state index in [2.05, 4.69) is 49.5 Å². The van der Waals surface area contributed by atoms with Gasteiger partial charge in [-0.15, -0.1) is 0 Å². The zero-order valence-corrected chi connectivity index (χ0v) is 20.7. The molecule has 0 saturated heterocycles. The number of rotatable bonds is 6. The number of aryl methyl sites for hydroxylation is 1. The van der Waals surface area contributed by atoms with Gasteiger partial charge in [0.25, 0.3) is 11.5 Å². The van der Waals surface area contributed by atoms with Crippen molar-refractivity contribution in [3.63, 3.8) is 0 Å². The lowest BCUT2D eigenvalue weighted by molar-refractivity contribution is -0.111. The maximum Gasteiger partial charge on any atom is 0.263 e. The zero-order valence-electron chi connectivity index (χ0n) is 19.7. The van der Waals surface area contributed by atoms with E-state index in [0.29, 0.717) is 10.9 Å². The van der Waals surface area contributed by atoms with E-state index in [9.17, 15) is 18.8 Å². The van der Waals surface area contributed by atoms with Gasteiger partial charge in [0.1, 0.15) is 30.7 Å². The Kier molecular flexibility index (Phi) is 6.55. The lowest BCUT2D eigenvalue weighted by Gasteiger charge is -2.35. The van der Waals surface area contributed by atoms with Crippen LogP contribution < -0.4 is 16.2 Å². The summed E-state index contributed by atoms with van der Waals surface area (Å²) in [7, 11) is -0.537. The molecule has 2 heterocycles. The second-order valence-electron chi connectivity index (χ2n) is 9.66. The maximum atomic E-state index is 13.1. The molecular weight excluding hydrogens is 439 g/mol. The number of amides is 1. The van der Waals surface area contributed by atoms with Crippen molar-refractivity contribution in [1.29, 1.82) is 0 Å². The molecule has 0 atom stereocenters. The molecule has 0 saturated carbocycles. The number of carbonyl (C=O) groups is 2. The van der Waals surface area contributed by atoms with Gasteiger partial charge in [0.2, 0.25) is 0 Å². The zero-order chi connectivity index (χ0) is 24.6. The lowest BCUT2D eigenvalue weighted by atomic mass is 10.1. The van der Waals surface area contributed by atoms with Crippen LogP contribution >= 0.6 is 0 Å². The van der Waals surface area contributed by atoms with Gasteiger partial charge in [-0.1, -0.05) is 33.9 Å². The van der Waals surface area contributed by atoms with Crippen LogP contribution in [0.1, 0.15) is 31.1 Å². The van der Waals surface area contributed by atoms with Gasteiger partial charge in [-0.05, 0) is 41.4 Å². The fraction of sp³-hybridized carbons (Fsp3) is 0.333. The van der Waals surface area contributed by atoms with E-state index in [-0.39, 0.29) is 28.4 Å². The van der Waals surface area contributed by atoms with Crippen LogP contribution in [-0.2, 0) is 11.8 Å². The molecule has 9 heteroatoms. The number of carbonyl (C=O) groups excluding carboxylic acids is 2. The van der Waals surface area contributed by atoms with Crippen LogP contribution in [0.4, 0.5) is 15.9 Å². The second-order valence-corrected chi connectivity index (χ2v) is 15.0. The van der Waals surface area contributed by atoms with Crippen molar-refractivity contribution < 1.29 is 14.0 Å². The number of aromatic nitrogens is 2. The van der Waals surface area contributed by atoms with Crippen molar-refractivity contribution in [1.82, 2.24) is 9.55 Å². The summed E-state index contributed by atoms with van der Waals surface area (Å²) in [5, 5.41) is 6.56. The van der Waals surface area contributed by atoms with Gasteiger partial charge >= 0.3 is 0 Å². The Balaban J connectivity index is 1.87. The largest absolute Gasteiger partial charge is 0.378 e. The van der Waals surface area contributed by atoms with Crippen molar-refractivity contribution in [2.45, 2.75) is 38.9 Å². The number of hydrogen-bond donors (Lipinski definition) is 2. The van der Waals surface area contributed by atoms with Gasteiger partial charge in [-0.3, -0.25) is 9.59 Å². The quantitative estimate of drug-likeness (QED) is 0.525. The van der Waals surface area contributed by atoms with Gasteiger partial charge < -0.3 is 20.0 Å². The summed E-state index contributed by atoms with van der Waals surface area (Å²) in [5.41, 5.74) is 0.846. The van der Waals surface area contributed by atoms with E-state index in [0.717, 1.165) is 11.9 Å². The topological polar surface area (TPSA) is 93.1 Å². The van der Waals surface area contributed by atoms with Gasteiger partial charge in [0.05, 0.1) is 18.3 Å². The number of fused-ring (bicyclic) bond motifs is 1. The van der Waals surface area contributed by atoms with E-state index in [4.69, 9.17) is 0 Å². The summed E-state index contributed by atoms with van der Waals surface area (Å²) in [6.45, 7) is 10.7. The molecule has 0 aliphatic rings. The minimum atomic E-state index is -2.13. The molecule has 1 amide bonds. The van der Waals surface area contributed by atoms with Crippen LogP contribution in [-0.4, -0.2) is 35.5 Å². The molecule has 174 valence electrons. The molecule has 0 bridgehead atoms. The number of halogens is 1. The SMILES string of the molecule is Cn1c(=O)c(C(=O)Nc2ccc(F)cn2)cc2cc(NCC(=O)[Si](C)(C)C(C)(C)C)ccc21. The summed E-state index contributed by atoms with van der Waals surface area (Å²) in [6.07, 6.45) is 0.983. The average Bonchev–Trinajstić information content (AvgIpc) is 2.75. The van der Waals surface area contributed by atoms with E-state index in [1.54, 1.807) is 19.2 Å². The molecule has 3 rings (SSSR count). The molecule has 0 unspecified atom stereocenters. The third-order valence-corrected chi connectivity index (χ3v) is 11.8. The lowest BCUT2D eigenvalue weighted by Crippen LogP contribution is -2.48. The van der Waals surface area contributed by atoms with E-state index in [1.165, 1.54) is 22.8 Å². The first-order valence-electron chi connectivity index (χ1n) is 10.6. The Morgan fingerprint density at radius 3 is 2.42 bits per heavy atom. The molecule has 2 aromatic heterocycles. The van der Waals surface area contributed by atoms with Gasteiger partial charge in [-0.25, -0.2) is 9.37 Å². The van der Waals surface area contributed by atoms with Gasteiger partial charge in [-0.2, -0.15) is 0 Å². The Morgan fingerprint density at radius 2 is 1.82 bits per heavy atom. The molecule has 0 radical (unpaired) electrons. The molecule has 7 nitrogen and oxygen atoms in total. The highest BCUT2D eigenvalue weighted by atomic mass is 28.3. The molecule has 0 aliphatic carbocycles. The Hall–Kier alpha value is -3.33. The fourth-order valence-corrected chi connectivity index (χ4v) is 4.58. The van der Waals surface area contributed by atoms with Crippen molar-refractivity contribution in [3.8, 4) is 0 Å². The first-order valence-corrected chi connectivity index (χ1v) is 13.6. The summed E-state index contributed by atoms with van der Waals surface area (Å²) < 4.78 is 14.5. The molecule has 0 aliphatic heterocycles. The predicted molar refractivity (Wildman–Crippen MR) is 132 cm³/mol. The third-order valence-electron chi connectivity index (χ3n) is 6.46. The normalized spacial score (nSPS) is 12.0. The summed E-state index contributed by atoms with van der Waals surface area (Å²) in [6, 6.07) is 9.39. The van der Waals surface area contributed by atoms with E-state index in [1.807, 2.05) is 6.07 Å². The summed E-state index contributed by atoms with van der Waals surface area (Å²) in [5.74, 6) is -1.02. The van der Waals surface area contributed by atoms with Crippen molar-refractivity contribution in [3.05, 3.63) is 64.3 Å².